The molecule has 0 amide bonds. The van der Waals surface area contributed by atoms with Gasteiger partial charge in [-0.2, -0.15) is 0 Å². The molecular weight excluding hydrogens is 196 g/mol. The van der Waals surface area contributed by atoms with Crippen LogP contribution in [0.4, 0.5) is 0 Å². The Kier molecular flexibility index (Phi) is 3.91. The minimum absolute atomic E-state index is 0.263. The first-order chi connectivity index (χ1) is 7.62. The number of likely N-dealkylation sites (N-methyl/N-ethyl adjacent to an activating group) is 1. The first kappa shape index (κ1) is 12.4. The normalized spacial score (nSPS) is 32.4. The van der Waals surface area contributed by atoms with Crippen molar-refractivity contribution in [3.8, 4) is 0 Å². The molecule has 2 atom stereocenters. The Labute approximate surface area is 101 Å². The quantitative estimate of drug-likeness (QED) is 0.793. The number of hydrogen-bond acceptors (Lipinski definition) is 2. The second kappa shape index (κ2) is 5.05. The van der Waals surface area contributed by atoms with Crippen molar-refractivity contribution in [1.29, 1.82) is 0 Å². The van der Waals surface area contributed by atoms with Crippen molar-refractivity contribution in [2.24, 2.45) is 5.92 Å². The maximum Gasteiger partial charge on any atom is 0.0249 e. The second-order valence-corrected chi connectivity index (χ2v) is 6.36. The van der Waals surface area contributed by atoms with E-state index in [2.05, 4.69) is 31.1 Å². The highest BCUT2D eigenvalue weighted by atomic mass is 15.2. The largest absolute Gasteiger partial charge is 0.314 e. The van der Waals surface area contributed by atoms with Crippen LogP contribution >= 0.6 is 0 Å². The topological polar surface area (TPSA) is 15.3 Å². The molecule has 2 unspecified atom stereocenters. The van der Waals surface area contributed by atoms with E-state index in [1.54, 1.807) is 0 Å². The third kappa shape index (κ3) is 2.78. The van der Waals surface area contributed by atoms with Crippen LogP contribution in [0.25, 0.3) is 0 Å². The summed E-state index contributed by atoms with van der Waals surface area (Å²) in [6, 6.07) is 0.898. The summed E-state index contributed by atoms with van der Waals surface area (Å²) < 4.78 is 0. The molecule has 0 aromatic carbocycles. The molecule has 1 aliphatic carbocycles. The van der Waals surface area contributed by atoms with Gasteiger partial charge in [-0.05, 0) is 59.0 Å². The van der Waals surface area contributed by atoms with Gasteiger partial charge in [-0.25, -0.2) is 0 Å². The summed E-state index contributed by atoms with van der Waals surface area (Å²) in [5, 5.41) is 3.44. The lowest BCUT2D eigenvalue weighted by atomic mass is 9.78. The lowest BCUT2D eigenvalue weighted by molar-refractivity contribution is 0.0427. The molecule has 2 rings (SSSR count). The lowest BCUT2D eigenvalue weighted by Gasteiger charge is -2.46. The van der Waals surface area contributed by atoms with E-state index >= 15 is 0 Å². The average molecular weight is 224 g/mol. The fourth-order valence-corrected chi connectivity index (χ4v) is 3.51. The van der Waals surface area contributed by atoms with Crippen molar-refractivity contribution >= 4 is 0 Å². The van der Waals surface area contributed by atoms with Gasteiger partial charge in [0.25, 0.3) is 0 Å². The number of piperidine rings is 1. The Hall–Kier alpha value is -0.0800. The van der Waals surface area contributed by atoms with Crippen LogP contribution in [-0.4, -0.2) is 36.6 Å². The fourth-order valence-electron chi connectivity index (χ4n) is 3.51. The van der Waals surface area contributed by atoms with E-state index in [4.69, 9.17) is 0 Å². The summed E-state index contributed by atoms with van der Waals surface area (Å²) in [4.78, 5) is 2.77. The molecule has 94 valence electrons. The molecule has 0 spiro atoms. The molecular formula is C14H28N2. The first-order valence-corrected chi connectivity index (χ1v) is 7.05. The van der Waals surface area contributed by atoms with Gasteiger partial charge in [-0.15, -0.1) is 0 Å². The van der Waals surface area contributed by atoms with Crippen LogP contribution in [0.1, 0.15) is 52.4 Å². The summed E-state index contributed by atoms with van der Waals surface area (Å²) in [7, 11) is 2.09. The van der Waals surface area contributed by atoms with Crippen LogP contribution in [0.15, 0.2) is 0 Å². The van der Waals surface area contributed by atoms with Gasteiger partial charge in [0, 0.05) is 18.1 Å². The van der Waals surface area contributed by atoms with Crippen LogP contribution in [0.3, 0.4) is 0 Å². The Balaban J connectivity index is 1.97. The smallest absolute Gasteiger partial charge is 0.0249 e. The molecule has 2 nitrogen and oxygen atoms in total. The minimum atomic E-state index is 0.263. The summed E-state index contributed by atoms with van der Waals surface area (Å²) >= 11 is 0. The molecule has 0 bridgehead atoms. The number of fused-ring (bicyclic) bond motifs is 1. The zero-order valence-corrected chi connectivity index (χ0v) is 11.3. The van der Waals surface area contributed by atoms with Gasteiger partial charge in [0.2, 0.25) is 0 Å². The molecule has 1 heterocycles. The van der Waals surface area contributed by atoms with Crippen molar-refractivity contribution in [2.45, 2.75) is 64.0 Å². The number of hydrogen-bond donors (Lipinski definition) is 1. The van der Waals surface area contributed by atoms with Gasteiger partial charge in [0.05, 0.1) is 0 Å². The van der Waals surface area contributed by atoms with Crippen LogP contribution in [-0.2, 0) is 0 Å². The Morgan fingerprint density at radius 1 is 1.12 bits per heavy atom. The van der Waals surface area contributed by atoms with Crippen LogP contribution in [0.2, 0.25) is 0 Å². The third-order valence-electron chi connectivity index (χ3n) is 4.63. The van der Waals surface area contributed by atoms with E-state index in [-0.39, 0.29) is 5.54 Å². The van der Waals surface area contributed by atoms with E-state index in [1.165, 1.54) is 51.6 Å². The molecule has 2 aliphatic rings. The molecule has 0 aromatic heterocycles. The maximum absolute atomic E-state index is 3.44. The number of rotatable bonds is 3. The van der Waals surface area contributed by atoms with Crippen molar-refractivity contribution in [3.05, 3.63) is 0 Å². The maximum atomic E-state index is 3.44. The van der Waals surface area contributed by atoms with Gasteiger partial charge >= 0.3 is 0 Å². The van der Waals surface area contributed by atoms with E-state index in [0.29, 0.717) is 0 Å². The zero-order valence-electron chi connectivity index (χ0n) is 11.3. The highest BCUT2D eigenvalue weighted by molar-refractivity contribution is 4.91. The van der Waals surface area contributed by atoms with Gasteiger partial charge < -0.3 is 5.32 Å². The highest BCUT2D eigenvalue weighted by Crippen LogP contribution is 2.35. The van der Waals surface area contributed by atoms with Gasteiger partial charge in [-0.1, -0.05) is 12.8 Å². The molecule has 1 saturated carbocycles. The van der Waals surface area contributed by atoms with Crippen LogP contribution < -0.4 is 5.32 Å². The molecule has 1 saturated heterocycles. The molecule has 2 heteroatoms. The predicted molar refractivity (Wildman–Crippen MR) is 69.7 cm³/mol. The zero-order chi connectivity index (χ0) is 11.6. The second-order valence-electron chi connectivity index (χ2n) is 6.36. The van der Waals surface area contributed by atoms with Crippen molar-refractivity contribution in [2.75, 3.05) is 20.1 Å². The summed E-state index contributed by atoms with van der Waals surface area (Å²) in [6.45, 7) is 7.18. The van der Waals surface area contributed by atoms with E-state index in [1.807, 2.05) is 0 Å². The molecule has 2 fully saturated rings. The fraction of sp³-hybridized carbons (Fsp3) is 1.00. The summed E-state index contributed by atoms with van der Waals surface area (Å²) in [5.74, 6) is 1.01. The minimum Gasteiger partial charge on any atom is -0.314 e. The van der Waals surface area contributed by atoms with E-state index in [0.717, 1.165) is 12.0 Å². The standard InChI is InChI=1S/C14H28N2/c1-14(2,15-3)11-16-10-6-8-12-7-4-5-9-13(12)16/h12-13,15H,4-11H2,1-3H3. The van der Waals surface area contributed by atoms with Crippen molar-refractivity contribution < 1.29 is 0 Å². The first-order valence-electron chi connectivity index (χ1n) is 7.05. The third-order valence-corrected chi connectivity index (χ3v) is 4.63. The number of likely N-dealkylation sites (tertiary alicyclic amines) is 1. The molecule has 0 aromatic rings. The molecule has 0 radical (unpaired) electrons. The SMILES string of the molecule is CNC(C)(C)CN1CCCC2CCCCC21. The Bertz CT molecular complexity index is 223. The predicted octanol–water partition coefficient (Wildman–Crippen LogP) is 2.64. The van der Waals surface area contributed by atoms with E-state index < -0.39 is 0 Å². The summed E-state index contributed by atoms with van der Waals surface area (Å²) in [6.07, 6.45) is 8.77. The van der Waals surface area contributed by atoms with Crippen molar-refractivity contribution in [1.82, 2.24) is 10.2 Å². The highest BCUT2D eigenvalue weighted by Gasteiger charge is 2.35. The average Bonchev–Trinajstić information content (AvgIpc) is 2.29. The summed E-state index contributed by atoms with van der Waals surface area (Å²) in [5.41, 5.74) is 0.263. The molecule has 1 aliphatic heterocycles. The van der Waals surface area contributed by atoms with Gasteiger partial charge in [0.1, 0.15) is 0 Å². The van der Waals surface area contributed by atoms with Crippen LogP contribution in [0.5, 0.6) is 0 Å². The Morgan fingerprint density at radius 2 is 1.81 bits per heavy atom. The monoisotopic (exact) mass is 224 g/mol. The lowest BCUT2D eigenvalue weighted by Crippen LogP contribution is -2.55. The van der Waals surface area contributed by atoms with Gasteiger partial charge in [-0.3, -0.25) is 4.90 Å². The number of nitrogens with zero attached hydrogens (tertiary/aromatic N) is 1. The van der Waals surface area contributed by atoms with Gasteiger partial charge in [0.15, 0.2) is 0 Å². The molecule has 16 heavy (non-hydrogen) atoms. The molecule has 1 N–H and O–H groups in total. The van der Waals surface area contributed by atoms with Crippen LogP contribution in [0, 0.1) is 5.92 Å². The van der Waals surface area contributed by atoms with Crippen molar-refractivity contribution in [3.63, 3.8) is 0 Å². The van der Waals surface area contributed by atoms with E-state index in [9.17, 15) is 0 Å². The Morgan fingerprint density at radius 3 is 2.56 bits per heavy atom. The number of nitrogens with one attached hydrogen (secondary N) is 1.